The van der Waals surface area contributed by atoms with Crippen LogP contribution in [0.25, 0.3) is 0 Å². The zero-order valence-corrected chi connectivity index (χ0v) is 19.5. The Kier molecular flexibility index (Phi) is 10.6. The van der Waals surface area contributed by atoms with Gasteiger partial charge in [0.25, 0.3) is 5.91 Å². The Morgan fingerprint density at radius 2 is 1.59 bits per heavy atom. The Morgan fingerprint density at radius 3 is 2.31 bits per heavy atom. The molecule has 174 valence electrons. The highest BCUT2D eigenvalue weighted by Crippen LogP contribution is 2.21. The highest BCUT2D eigenvalue weighted by Gasteiger charge is 2.17. The molecule has 2 aromatic carbocycles. The standard InChI is InChI=1S/C27H39N3O2/c1-2-3-7-18-28-24-16-21-30(22-17-24)20-9-8-19-29-27(31)23-12-14-26(15-13-23)32-25-10-5-4-6-11-25/h4-6,10-15,24,28H,2-3,7-9,16-22H2,1H3,(H,29,31). The normalized spacial score (nSPS) is 14.9. The molecule has 1 amide bonds. The molecule has 1 heterocycles. The maximum Gasteiger partial charge on any atom is 0.251 e. The van der Waals surface area contributed by atoms with Crippen LogP contribution in [0.1, 0.15) is 62.2 Å². The van der Waals surface area contributed by atoms with E-state index in [1.54, 1.807) is 0 Å². The Balaban J connectivity index is 1.25. The average Bonchev–Trinajstić information content (AvgIpc) is 2.83. The van der Waals surface area contributed by atoms with Crippen molar-refractivity contribution < 1.29 is 9.53 Å². The first kappa shape index (κ1) is 24.3. The third kappa shape index (κ3) is 8.64. The van der Waals surface area contributed by atoms with Crippen LogP contribution in [0.2, 0.25) is 0 Å². The van der Waals surface area contributed by atoms with Gasteiger partial charge in [0.05, 0.1) is 0 Å². The number of nitrogens with zero attached hydrogens (tertiary/aromatic N) is 1. The first-order valence-corrected chi connectivity index (χ1v) is 12.3. The molecule has 0 saturated carbocycles. The maximum absolute atomic E-state index is 12.4. The lowest BCUT2D eigenvalue weighted by atomic mass is 10.0. The number of piperidine rings is 1. The quantitative estimate of drug-likeness (QED) is 0.421. The van der Waals surface area contributed by atoms with E-state index in [1.165, 1.54) is 51.7 Å². The van der Waals surface area contributed by atoms with Crippen molar-refractivity contribution in [1.29, 1.82) is 0 Å². The molecule has 2 N–H and O–H groups in total. The van der Waals surface area contributed by atoms with Crippen LogP contribution in [-0.2, 0) is 0 Å². The van der Waals surface area contributed by atoms with Crippen molar-refractivity contribution in [2.75, 3.05) is 32.7 Å². The molecule has 0 spiro atoms. The van der Waals surface area contributed by atoms with E-state index < -0.39 is 0 Å². The third-order valence-electron chi connectivity index (χ3n) is 6.08. The maximum atomic E-state index is 12.4. The number of unbranched alkanes of at least 4 members (excludes halogenated alkanes) is 3. The van der Waals surface area contributed by atoms with Gasteiger partial charge in [-0.1, -0.05) is 38.0 Å². The Morgan fingerprint density at radius 1 is 0.906 bits per heavy atom. The minimum atomic E-state index is -0.0220. The van der Waals surface area contributed by atoms with Gasteiger partial charge in [-0.2, -0.15) is 0 Å². The molecule has 1 saturated heterocycles. The lowest BCUT2D eigenvalue weighted by Gasteiger charge is -2.32. The summed E-state index contributed by atoms with van der Waals surface area (Å²) >= 11 is 0. The van der Waals surface area contributed by atoms with Crippen molar-refractivity contribution in [2.45, 2.75) is 57.9 Å². The van der Waals surface area contributed by atoms with Crippen LogP contribution in [-0.4, -0.2) is 49.6 Å². The summed E-state index contributed by atoms with van der Waals surface area (Å²) in [7, 11) is 0. The Hall–Kier alpha value is -2.37. The Bertz CT molecular complexity index is 771. The van der Waals surface area contributed by atoms with Gasteiger partial charge in [0, 0.05) is 18.2 Å². The average molecular weight is 438 g/mol. The van der Waals surface area contributed by atoms with Gasteiger partial charge in [-0.15, -0.1) is 0 Å². The fourth-order valence-electron chi connectivity index (χ4n) is 4.11. The topological polar surface area (TPSA) is 53.6 Å². The van der Waals surface area contributed by atoms with E-state index in [0.717, 1.165) is 37.4 Å². The zero-order chi connectivity index (χ0) is 22.4. The number of nitrogens with one attached hydrogen (secondary N) is 2. The molecule has 1 aliphatic rings. The van der Waals surface area contributed by atoms with Gasteiger partial charge in [-0.25, -0.2) is 0 Å². The van der Waals surface area contributed by atoms with Crippen molar-refractivity contribution in [1.82, 2.24) is 15.5 Å². The Labute approximate surface area is 193 Å². The summed E-state index contributed by atoms with van der Waals surface area (Å²) in [4.78, 5) is 14.9. The van der Waals surface area contributed by atoms with Gasteiger partial charge in [-0.3, -0.25) is 4.79 Å². The minimum absolute atomic E-state index is 0.0220. The monoisotopic (exact) mass is 437 g/mol. The van der Waals surface area contributed by atoms with Crippen LogP contribution in [0, 0.1) is 0 Å². The van der Waals surface area contributed by atoms with Crippen molar-refractivity contribution in [3.05, 3.63) is 60.2 Å². The third-order valence-corrected chi connectivity index (χ3v) is 6.08. The van der Waals surface area contributed by atoms with Gasteiger partial charge < -0.3 is 20.3 Å². The molecule has 0 bridgehead atoms. The van der Waals surface area contributed by atoms with Crippen molar-refractivity contribution in [2.24, 2.45) is 0 Å². The largest absolute Gasteiger partial charge is 0.457 e. The summed E-state index contributed by atoms with van der Waals surface area (Å²) in [6, 6.07) is 17.7. The fourth-order valence-corrected chi connectivity index (χ4v) is 4.11. The highest BCUT2D eigenvalue weighted by atomic mass is 16.5. The second kappa shape index (κ2) is 13.9. The van der Waals surface area contributed by atoms with E-state index in [0.29, 0.717) is 11.6 Å². The molecule has 1 fully saturated rings. The lowest BCUT2D eigenvalue weighted by molar-refractivity contribution is 0.0952. The molecule has 0 aromatic heterocycles. The van der Waals surface area contributed by atoms with Gasteiger partial charge >= 0.3 is 0 Å². The van der Waals surface area contributed by atoms with Gasteiger partial charge in [0.15, 0.2) is 0 Å². The number of likely N-dealkylation sites (tertiary alicyclic amines) is 1. The predicted octanol–water partition coefficient (Wildman–Crippen LogP) is 5.23. The van der Waals surface area contributed by atoms with Gasteiger partial charge in [0.2, 0.25) is 0 Å². The molecule has 1 aliphatic heterocycles. The van der Waals surface area contributed by atoms with Crippen LogP contribution in [0.4, 0.5) is 0 Å². The molecular formula is C27H39N3O2. The second-order valence-corrected chi connectivity index (χ2v) is 8.68. The molecule has 0 aliphatic carbocycles. The van der Waals surface area contributed by atoms with Crippen LogP contribution < -0.4 is 15.4 Å². The second-order valence-electron chi connectivity index (χ2n) is 8.68. The van der Waals surface area contributed by atoms with E-state index in [-0.39, 0.29) is 5.91 Å². The molecule has 5 nitrogen and oxygen atoms in total. The van der Waals surface area contributed by atoms with Gasteiger partial charge in [-0.05, 0) is 94.7 Å². The van der Waals surface area contributed by atoms with E-state index in [2.05, 4.69) is 22.5 Å². The molecule has 3 rings (SSSR count). The van der Waals surface area contributed by atoms with Crippen LogP contribution in [0.3, 0.4) is 0 Å². The van der Waals surface area contributed by atoms with Crippen molar-refractivity contribution in [3.8, 4) is 11.5 Å². The summed E-state index contributed by atoms with van der Waals surface area (Å²) in [5, 5.41) is 6.75. The fraction of sp³-hybridized carbons (Fsp3) is 0.519. The first-order chi connectivity index (χ1) is 15.7. The predicted molar refractivity (Wildman–Crippen MR) is 132 cm³/mol. The minimum Gasteiger partial charge on any atom is -0.457 e. The molecule has 32 heavy (non-hydrogen) atoms. The number of carbonyl (C=O) groups excluding carboxylic acids is 1. The smallest absolute Gasteiger partial charge is 0.251 e. The van der Waals surface area contributed by atoms with Crippen LogP contribution >= 0.6 is 0 Å². The summed E-state index contributed by atoms with van der Waals surface area (Å²) < 4.78 is 5.78. The van der Waals surface area contributed by atoms with E-state index in [4.69, 9.17) is 4.74 Å². The summed E-state index contributed by atoms with van der Waals surface area (Å²) in [6.07, 6.45) is 8.57. The number of hydrogen-bond donors (Lipinski definition) is 2. The summed E-state index contributed by atoms with van der Waals surface area (Å²) in [6.45, 7) is 7.65. The lowest BCUT2D eigenvalue weighted by Crippen LogP contribution is -2.43. The van der Waals surface area contributed by atoms with Crippen LogP contribution in [0.5, 0.6) is 11.5 Å². The number of carbonyl (C=O) groups is 1. The first-order valence-electron chi connectivity index (χ1n) is 12.3. The molecule has 2 aromatic rings. The van der Waals surface area contributed by atoms with Crippen molar-refractivity contribution in [3.63, 3.8) is 0 Å². The molecule has 0 atom stereocenters. The molecular weight excluding hydrogens is 398 g/mol. The van der Waals surface area contributed by atoms with Crippen molar-refractivity contribution >= 4 is 5.91 Å². The van der Waals surface area contributed by atoms with Crippen LogP contribution in [0.15, 0.2) is 54.6 Å². The van der Waals surface area contributed by atoms with E-state index in [9.17, 15) is 4.79 Å². The SMILES string of the molecule is CCCCCNC1CCN(CCCCNC(=O)c2ccc(Oc3ccccc3)cc2)CC1. The summed E-state index contributed by atoms with van der Waals surface area (Å²) in [5.74, 6) is 1.50. The number of ether oxygens (including phenoxy) is 1. The number of para-hydroxylation sites is 1. The number of amides is 1. The number of rotatable bonds is 13. The highest BCUT2D eigenvalue weighted by molar-refractivity contribution is 5.94. The molecule has 5 heteroatoms. The molecule has 0 radical (unpaired) electrons. The molecule has 0 unspecified atom stereocenters. The van der Waals surface area contributed by atoms with Gasteiger partial charge in [0.1, 0.15) is 11.5 Å². The van der Waals surface area contributed by atoms with E-state index >= 15 is 0 Å². The number of benzene rings is 2. The van der Waals surface area contributed by atoms with E-state index in [1.807, 2.05) is 54.6 Å². The summed E-state index contributed by atoms with van der Waals surface area (Å²) in [5.41, 5.74) is 0.666. The number of hydrogen-bond acceptors (Lipinski definition) is 4. The zero-order valence-electron chi connectivity index (χ0n) is 19.5.